The molecule has 2 aromatic heterocycles. The number of anilines is 2. The van der Waals surface area contributed by atoms with Gasteiger partial charge in [0.05, 0.1) is 0 Å². The Bertz CT molecular complexity index is 1150. The smallest absolute Gasteiger partial charge is 0.300 e. The molecule has 7 heteroatoms. The van der Waals surface area contributed by atoms with E-state index < -0.39 is 0 Å². The van der Waals surface area contributed by atoms with Gasteiger partial charge in [-0.3, -0.25) is 9.59 Å². The first-order valence-corrected chi connectivity index (χ1v) is 9.89. The molecule has 1 amide bonds. The fourth-order valence-corrected chi connectivity index (χ4v) is 4.12. The Morgan fingerprint density at radius 1 is 1.29 bits per heavy atom. The molecule has 1 aliphatic heterocycles. The number of amides is 1. The number of benzene rings is 1. The number of nitrogens with one attached hydrogen (secondary N) is 2. The van der Waals surface area contributed by atoms with Gasteiger partial charge in [-0.2, -0.15) is 0 Å². The van der Waals surface area contributed by atoms with Crippen molar-refractivity contribution in [2.75, 3.05) is 36.4 Å². The summed E-state index contributed by atoms with van der Waals surface area (Å²) in [5, 5.41) is 7.97. The normalized spacial score (nSPS) is 13.8. The zero-order valence-electron chi connectivity index (χ0n) is 15.4. The quantitative estimate of drug-likeness (QED) is 0.670. The highest BCUT2D eigenvalue weighted by Crippen LogP contribution is 2.35. The molecule has 142 valence electrons. The van der Waals surface area contributed by atoms with Crippen molar-refractivity contribution < 1.29 is 9.21 Å². The lowest BCUT2D eigenvalue weighted by Gasteiger charge is -2.27. The SMILES string of the molecule is CC#CC(=O)Nc1cccc(-c2csc3c(=O)cc(N4CCNCC4)oc23)c1. The molecule has 1 fully saturated rings. The van der Waals surface area contributed by atoms with Gasteiger partial charge in [-0.05, 0) is 30.5 Å². The Morgan fingerprint density at radius 2 is 2.11 bits per heavy atom. The van der Waals surface area contributed by atoms with Crippen LogP contribution in [-0.2, 0) is 4.79 Å². The molecular weight excluding hydrogens is 374 g/mol. The average Bonchev–Trinajstić information content (AvgIpc) is 3.14. The van der Waals surface area contributed by atoms with Crippen LogP contribution in [0.2, 0.25) is 0 Å². The molecule has 3 aromatic rings. The largest absolute Gasteiger partial charge is 0.439 e. The van der Waals surface area contributed by atoms with Crippen molar-refractivity contribution in [1.29, 1.82) is 0 Å². The van der Waals surface area contributed by atoms with E-state index in [1.54, 1.807) is 19.1 Å². The van der Waals surface area contributed by atoms with Crippen molar-refractivity contribution in [2.45, 2.75) is 6.92 Å². The summed E-state index contributed by atoms with van der Waals surface area (Å²) >= 11 is 1.37. The predicted molar refractivity (Wildman–Crippen MR) is 113 cm³/mol. The van der Waals surface area contributed by atoms with Gasteiger partial charge < -0.3 is 20.0 Å². The number of nitrogens with zero attached hydrogens (tertiary/aromatic N) is 1. The molecule has 0 bridgehead atoms. The van der Waals surface area contributed by atoms with Crippen LogP contribution in [0, 0.1) is 11.8 Å². The maximum absolute atomic E-state index is 12.6. The van der Waals surface area contributed by atoms with Gasteiger partial charge >= 0.3 is 0 Å². The van der Waals surface area contributed by atoms with Crippen molar-refractivity contribution in [1.82, 2.24) is 5.32 Å². The van der Waals surface area contributed by atoms with E-state index in [2.05, 4.69) is 27.4 Å². The summed E-state index contributed by atoms with van der Waals surface area (Å²) in [5.41, 5.74) is 2.91. The molecule has 0 radical (unpaired) electrons. The minimum Gasteiger partial charge on any atom is -0.439 e. The van der Waals surface area contributed by atoms with Crippen LogP contribution in [0.3, 0.4) is 0 Å². The van der Waals surface area contributed by atoms with Gasteiger partial charge in [0.25, 0.3) is 5.91 Å². The number of thiophene rings is 1. The summed E-state index contributed by atoms with van der Waals surface area (Å²) in [4.78, 5) is 26.4. The van der Waals surface area contributed by atoms with Crippen LogP contribution in [0.5, 0.6) is 0 Å². The fourth-order valence-electron chi connectivity index (χ4n) is 3.21. The van der Waals surface area contributed by atoms with E-state index >= 15 is 0 Å². The molecule has 0 aliphatic carbocycles. The summed E-state index contributed by atoms with van der Waals surface area (Å²) in [6.45, 7) is 4.94. The third kappa shape index (κ3) is 3.65. The molecule has 4 rings (SSSR count). The average molecular weight is 393 g/mol. The van der Waals surface area contributed by atoms with Crippen LogP contribution in [0.1, 0.15) is 6.92 Å². The molecule has 1 saturated heterocycles. The second-order valence-corrected chi connectivity index (χ2v) is 7.28. The Labute approximate surface area is 166 Å². The molecule has 0 unspecified atom stereocenters. The van der Waals surface area contributed by atoms with E-state index in [4.69, 9.17) is 4.42 Å². The van der Waals surface area contributed by atoms with E-state index in [9.17, 15) is 9.59 Å². The number of carbonyl (C=O) groups excluding carboxylic acids is 1. The van der Waals surface area contributed by atoms with Crippen molar-refractivity contribution in [3.63, 3.8) is 0 Å². The number of hydrogen-bond acceptors (Lipinski definition) is 6. The van der Waals surface area contributed by atoms with Crippen molar-refractivity contribution in [3.8, 4) is 23.0 Å². The van der Waals surface area contributed by atoms with Gasteiger partial charge in [0, 0.05) is 48.9 Å². The summed E-state index contributed by atoms with van der Waals surface area (Å²) in [6, 6.07) is 9.02. The highest BCUT2D eigenvalue weighted by Gasteiger charge is 2.18. The van der Waals surface area contributed by atoms with E-state index in [-0.39, 0.29) is 11.3 Å². The maximum atomic E-state index is 12.6. The van der Waals surface area contributed by atoms with Gasteiger partial charge in [0.15, 0.2) is 11.5 Å². The second-order valence-electron chi connectivity index (χ2n) is 6.40. The Kier molecular flexibility index (Phi) is 5.15. The highest BCUT2D eigenvalue weighted by molar-refractivity contribution is 7.17. The summed E-state index contributed by atoms with van der Waals surface area (Å²) < 4.78 is 6.76. The molecule has 3 heterocycles. The molecular formula is C21H19N3O3S. The minimum atomic E-state index is -0.359. The summed E-state index contributed by atoms with van der Waals surface area (Å²) in [5.74, 6) is 5.28. The number of carbonyl (C=O) groups is 1. The topological polar surface area (TPSA) is 74.6 Å². The lowest BCUT2D eigenvalue weighted by molar-refractivity contribution is -0.111. The zero-order chi connectivity index (χ0) is 19.5. The van der Waals surface area contributed by atoms with Gasteiger partial charge in [0.1, 0.15) is 4.70 Å². The van der Waals surface area contributed by atoms with Crippen LogP contribution < -0.4 is 21.0 Å². The van der Waals surface area contributed by atoms with Crippen molar-refractivity contribution in [2.24, 2.45) is 0 Å². The van der Waals surface area contributed by atoms with Crippen LogP contribution in [0.25, 0.3) is 21.4 Å². The van der Waals surface area contributed by atoms with Gasteiger partial charge in [-0.15, -0.1) is 11.3 Å². The number of hydrogen-bond donors (Lipinski definition) is 2. The van der Waals surface area contributed by atoms with Gasteiger partial charge in [-0.25, -0.2) is 0 Å². The standard InChI is InChI=1S/C21H19N3O3S/c1-2-4-18(26)23-15-6-3-5-14(11-15)16-13-28-21-17(25)12-19(27-20(16)21)24-9-7-22-8-10-24/h3,5-6,11-13,22H,7-10H2,1H3,(H,23,26). The fraction of sp³-hybridized carbons (Fsp3) is 0.238. The summed E-state index contributed by atoms with van der Waals surface area (Å²) in [7, 11) is 0. The molecule has 0 spiro atoms. The number of rotatable bonds is 3. The lowest BCUT2D eigenvalue weighted by atomic mass is 10.1. The van der Waals surface area contributed by atoms with Crippen LogP contribution in [0.4, 0.5) is 11.6 Å². The van der Waals surface area contributed by atoms with Gasteiger partial charge in [0.2, 0.25) is 5.43 Å². The highest BCUT2D eigenvalue weighted by atomic mass is 32.1. The van der Waals surface area contributed by atoms with Gasteiger partial charge in [-0.1, -0.05) is 18.1 Å². The van der Waals surface area contributed by atoms with Crippen LogP contribution in [-0.4, -0.2) is 32.1 Å². The summed E-state index contributed by atoms with van der Waals surface area (Å²) in [6.07, 6.45) is 0. The molecule has 2 N–H and O–H groups in total. The second kappa shape index (κ2) is 7.89. The maximum Gasteiger partial charge on any atom is 0.300 e. The molecule has 6 nitrogen and oxygen atoms in total. The van der Waals surface area contributed by atoms with Crippen molar-refractivity contribution in [3.05, 3.63) is 45.9 Å². The van der Waals surface area contributed by atoms with Crippen molar-refractivity contribution >= 4 is 39.1 Å². The molecule has 28 heavy (non-hydrogen) atoms. The molecule has 1 aromatic carbocycles. The lowest BCUT2D eigenvalue weighted by Crippen LogP contribution is -2.43. The predicted octanol–water partition coefficient (Wildman–Crippen LogP) is 2.89. The van der Waals surface area contributed by atoms with E-state index in [1.807, 2.05) is 23.6 Å². The molecule has 1 aliphatic rings. The van der Waals surface area contributed by atoms with E-state index in [0.29, 0.717) is 21.9 Å². The Balaban J connectivity index is 1.74. The Hall–Kier alpha value is -3.08. The van der Waals surface area contributed by atoms with Crippen LogP contribution in [0.15, 0.2) is 44.9 Å². The monoisotopic (exact) mass is 393 g/mol. The first-order valence-electron chi connectivity index (χ1n) is 9.01. The Morgan fingerprint density at radius 3 is 2.89 bits per heavy atom. The first-order chi connectivity index (χ1) is 13.7. The first kappa shape index (κ1) is 18.3. The number of fused-ring (bicyclic) bond motifs is 1. The number of piperazine rings is 1. The minimum absolute atomic E-state index is 0.0336. The third-order valence-corrected chi connectivity index (χ3v) is 5.50. The molecule has 0 saturated carbocycles. The van der Waals surface area contributed by atoms with Crippen LogP contribution >= 0.6 is 11.3 Å². The zero-order valence-corrected chi connectivity index (χ0v) is 16.2. The third-order valence-electron chi connectivity index (χ3n) is 4.53. The van der Waals surface area contributed by atoms with E-state index in [0.717, 1.165) is 37.3 Å². The molecule has 0 atom stereocenters. The van der Waals surface area contributed by atoms with E-state index in [1.165, 1.54) is 11.3 Å².